The highest BCUT2D eigenvalue weighted by atomic mass is 127. The van der Waals surface area contributed by atoms with Crippen molar-refractivity contribution < 1.29 is 4.79 Å². The number of nitrogens with one attached hydrogen (secondary N) is 3. The minimum atomic E-state index is -0.0205. The van der Waals surface area contributed by atoms with Crippen LogP contribution in [0.2, 0.25) is 0 Å². The zero-order valence-electron chi connectivity index (χ0n) is 12.7. The van der Waals surface area contributed by atoms with E-state index in [0.717, 1.165) is 23.9 Å². The van der Waals surface area contributed by atoms with Gasteiger partial charge in [-0.2, -0.15) is 0 Å². The van der Waals surface area contributed by atoms with E-state index in [2.05, 4.69) is 32.9 Å². The Kier molecular flexibility index (Phi) is 11.2. The third kappa shape index (κ3) is 9.62. The molecule has 0 unspecified atom stereocenters. The van der Waals surface area contributed by atoms with Gasteiger partial charge in [-0.3, -0.25) is 9.79 Å². The molecule has 1 amide bonds. The maximum Gasteiger partial charge on any atom is 0.216 e. The topological polar surface area (TPSA) is 78.4 Å². The third-order valence-electron chi connectivity index (χ3n) is 2.40. The Morgan fingerprint density at radius 1 is 1.33 bits per heavy atom. The molecular formula is C13H24IN5OS. The average Bonchev–Trinajstić information content (AvgIpc) is 2.80. The molecule has 0 fully saturated rings. The minimum absolute atomic E-state index is 0. The quantitative estimate of drug-likeness (QED) is 0.267. The Morgan fingerprint density at radius 3 is 2.62 bits per heavy atom. The smallest absolute Gasteiger partial charge is 0.216 e. The second-order valence-electron chi connectivity index (χ2n) is 4.29. The van der Waals surface area contributed by atoms with Gasteiger partial charge in [-0.15, -0.1) is 35.3 Å². The number of nitrogens with zero attached hydrogens (tertiary/aromatic N) is 2. The third-order valence-corrected chi connectivity index (χ3v) is 3.37. The van der Waals surface area contributed by atoms with E-state index in [0.29, 0.717) is 19.6 Å². The van der Waals surface area contributed by atoms with Crippen molar-refractivity contribution in [3.63, 3.8) is 0 Å². The molecule has 120 valence electrons. The van der Waals surface area contributed by atoms with Gasteiger partial charge in [0.25, 0.3) is 0 Å². The van der Waals surface area contributed by atoms with Crippen LogP contribution in [0.4, 0.5) is 0 Å². The van der Waals surface area contributed by atoms with Gasteiger partial charge in [0.2, 0.25) is 5.91 Å². The van der Waals surface area contributed by atoms with Gasteiger partial charge in [0.1, 0.15) is 0 Å². The van der Waals surface area contributed by atoms with Crippen LogP contribution >= 0.6 is 35.3 Å². The summed E-state index contributed by atoms with van der Waals surface area (Å²) in [4.78, 5) is 20.8. The van der Waals surface area contributed by atoms with Gasteiger partial charge < -0.3 is 16.0 Å². The van der Waals surface area contributed by atoms with E-state index in [1.54, 1.807) is 11.3 Å². The molecule has 1 heterocycles. The highest BCUT2D eigenvalue weighted by molar-refractivity contribution is 14.0. The molecule has 0 radical (unpaired) electrons. The van der Waals surface area contributed by atoms with Gasteiger partial charge in [0.05, 0.1) is 5.01 Å². The maximum absolute atomic E-state index is 10.8. The normalized spacial score (nSPS) is 10.7. The first-order valence-electron chi connectivity index (χ1n) is 6.79. The molecule has 0 aliphatic carbocycles. The monoisotopic (exact) mass is 425 g/mol. The van der Waals surface area contributed by atoms with E-state index in [1.165, 1.54) is 11.8 Å². The van der Waals surface area contributed by atoms with Crippen LogP contribution in [0.5, 0.6) is 0 Å². The number of aromatic nitrogens is 1. The molecule has 21 heavy (non-hydrogen) atoms. The number of carbonyl (C=O) groups is 1. The summed E-state index contributed by atoms with van der Waals surface area (Å²) < 4.78 is 0. The van der Waals surface area contributed by atoms with Crippen LogP contribution in [0.1, 0.15) is 23.7 Å². The molecule has 0 saturated carbocycles. The molecule has 8 heteroatoms. The second kappa shape index (κ2) is 11.7. The molecular weight excluding hydrogens is 401 g/mol. The average molecular weight is 425 g/mol. The van der Waals surface area contributed by atoms with E-state index in [9.17, 15) is 4.79 Å². The molecule has 6 nitrogen and oxygen atoms in total. The van der Waals surface area contributed by atoms with Crippen LogP contribution in [0.25, 0.3) is 0 Å². The summed E-state index contributed by atoms with van der Waals surface area (Å²) in [5.74, 6) is 0.749. The van der Waals surface area contributed by atoms with Crippen LogP contribution in [0.15, 0.2) is 11.2 Å². The Morgan fingerprint density at radius 2 is 2.05 bits per heavy atom. The number of hydrogen-bond acceptors (Lipinski definition) is 4. The molecule has 0 bridgehead atoms. The highest BCUT2D eigenvalue weighted by Gasteiger charge is 2.00. The molecule has 1 aromatic heterocycles. The maximum atomic E-state index is 10.8. The summed E-state index contributed by atoms with van der Waals surface area (Å²) in [5, 5.41) is 10.2. The summed E-state index contributed by atoms with van der Waals surface area (Å²) in [6.07, 6.45) is 2.74. The number of aliphatic imine (C=N–C) groups is 1. The number of amides is 1. The largest absolute Gasteiger partial charge is 0.357 e. The lowest BCUT2D eigenvalue weighted by Gasteiger charge is -2.11. The fourth-order valence-corrected chi connectivity index (χ4v) is 2.32. The molecule has 0 spiro atoms. The summed E-state index contributed by atoms with van der Waals surface area (Å²) >= 11 is 1.71. The Balaban J connectivity index is 0.00000400. The lowest BCUT2D eigenvalue weighted by molar-refractivity contribution is -0.118. The SMILES string of the molecule is CCNC(=NCCc1ncc(C)s1)NCCNC(C)=O.I. The Labute approximate surface area is 147 Å². The number of guanidine groups is 1. The van der Waals surface area contributed by atoms with E-state index < -0.39 is 0 Å². The summed E-state index contributed by atoms with van der Waals surface area (Å²) in [5.41, 5.74) is 0. The number of thiazole rings is 1. The zero-order chi connectivity index (χ0) is 14.8. The highest BCUT2D eigenvalue weighted by Crippen LogP contribution is 2.11. The summed E-state index contributed by atoms with van der Waals surface area (Å²) in [6, 6.07) is 0. The number of rotatable bonds is 7. The molecule has 0 atom stereocenters. The van der Waals surface area contributed by atoms with E-state index in [-0.39, 0.29) is 29.9 Å². The van der Waals surface area contributed by atoms with Gasteiger partial charge in [-0.05, 0) is 13.8 Å². The number of halogens is 1. The summed E-state index contributed by atoms with van der Waals surface area (Å²) in [7, 11) is 0. The first-order chi connectivity index (χ1) is 9.61. The molecule has 0 saturated heterocycles. The number of aryl methyl sites for hydroxylation is 1. The van der Waals surface area contributed by atoms with Crippen molar-refractivity contribution in [2.75, 3.05) is 26.2 Å². The number of carbonyl (C=O) groups excluding carboxylic acids is 1. The van der Waals surface area contributed by atoms with Gasteiger partial charge >= 0.3 is 0 Å². The fraction of sp³-hybridized carbons (Fsp3) is 0.615. The van der Waals surface area contributed by atoms with Crippen LogP contribution in [-0.2, 0) is 11.2 Å². The van der Waals surface area contributed by atoms with E-state index in [4.69, 9.17) is 0 Å². The molecule has 3 N–H and O–H groups in total. The van der Waals surface area contributed by atoms with Crippen molar-refractivity contribution in [3.8, 4) is 0 Å². The standard InChI is InChI=1S/C13H23N5OS.HI/c1-4-14-13(17-8-7-15-11(3)19)16-6-5-12-18-9-10(2)20-12;/h9H,4-8H2,1-3H3,(H,15,19)(H2,14,16,17);1H. The van der Waals surface area contributed by atoms with Crippen LogP contribution in [-0.4, -0.2) is 43.0 Å². The lowest BCUT2D eigenvalue weighted by Crippen LogP contribution is -2.41. The fourth-order valence-electron chi connectivity index (χ4n) is 1.54. The lowest BCUT2D eigenvalue weighted by atomic mass is 10.4. The minimum Gasteiger partial charge on any atom is -0.357 e. The zero-order valence-corrected chi connectivity index (χ0v) is 15.9. The summed E-state index contributed by atoms with van der Waals surface area (Å²) in [6.45, 7) is 8.33. The first kappa shape index (κ1) is 20.1. The van der Waals surface area contributed by atoms with Gasteiger partial charge in [-0.25, -0.2) is 4.98 Å². The molecule has 0 aromatic carbocycles. The van der Waals surface area contributed by atoms with Crippen molar-refractivity contribution in [3.05, 3.63) is 16.1 Å². The van der Waals surface area contributed by atoms with Crippen LogP contribution in [0, 0.1) is 6.92 Å². The van der Waals surface area contributed by atoms with E-state index in [1.807, 2.05) is 13.1 Å². The Bertz CT molecular complexity index is 450. The van der Waals surface area contributed by atoms with Crippen molar-refractivity contribution >= 4 is 47.2 Å². The number of hydrogen-bond donors (Lipinski definition) is 3. The van der Waals surface area contributed by atoms with Crippen LogP contribution < -0.4 is 16.0 Å². The van der Waals surface area contributed by atoms with Gasteiger partial charge in [0.15, 0.2) is 5.96 Å². The van der Waals surface area contributed by atoms with Crippen LogP contribution in [0.3, 0.4) is 0 Å². The van der Waals surface area contributed by atoms with Gasteiger partial charge in [-0.1, -0.05) is 0 Å². The van der Waals surface area contributed by atoms with Crippen molar-refractivity contribution in [2.24, 2.45) is 4.99 Å². The van der Waals surface area contributed by atoms with Crippen molar-refractivity contribution in [1.82, 2.24) is 20.9 Å². The Hall–Kier alpha value is -0.900. The van der Waals surface area contributed by atoms with Crippen molar-refractivity contribution in [2.45, 2.75) is 27.2 Å². The molecule has 0 aliphatic heterocycles. The second-order valence-corrected chi connectivity index (χ2v) is 5.60. The predicted octanol–water partition coefficient (Wildman–Crippen LogP) is 1.30. The predicted molar refractivity (Wildman–Crippen MR) is 98.6 cm³/mol. The van der Waals surface area contributed by atoms with Crippen molar-refractivity contribution in [1.29, 1.82) is 0 Å². The molecule has 1 rings (SSSR count). The molecule has 0 aliphatic rings. The molecule has 1 aromatic rings. The van der Waals surface area contributed by atoms with Gasteiger partial charge in [0, 0.05) is 50.6 Å². The first-order valence-corrected chi connectivity index (χ1v) is 7.61. The van der Waals surface area contributed by atoms with E-state index >= 15 is 0 Å².